The molecule has 9 heteroatoms. The van der Waals surface area contributed by atoms with Crippen molar-refractivity contribution in [3.63, 3.8) is 0 Å². The van der Waals surface area contributed by atoms with Crippen LogP contribution in [0.15, 0.2) is 83.4 Å². The quantitative estimate of drug-likeness (QED) is 0.341. The second kappa shape index (κ2) is 10.2. The van der Waals surface area contributed by atoms with E-state index >= 15 is 0 Å². The lowest BCUT2D eigenvalue weighted by molar-refractivity contribution is -0.137. The number of rotatable bonds is 7. The molecule has 0 aliphatic rings. The third kappa shape index (κ3) is 6.36. The fourth-order valence-corrected chi connectivity index (χ4v) is 2.92. The minimum Gasteiger partial charge on any atom is -0.457 e. The first-order valence-corrected chi connectivity index (χ1v) is 10.0. The minimum atomic E-state index is -4.49. The molecule has 0 saturated heterocycles. The third-order valence-corrected chi connectivity index (χ3v) is 4.65. The van der Waals surface area contributed by atoms with Crippen LogP contribution in [-0.4, -0.2) is 18.4 Å². The van der Waals surface area contributed by atoms with Gasteiger partial charge in [-0.05, 0) is 48.5 Å². The summed E-state index contributed by atoms with van der Waals surface area (Å²) in [5.74, 6) is -0.838. The molecule has 0 bridgehead atoms. The molecule has 0 aliphatic carbocycles. The molecule has 0 atom stereocenters. The number of carbonyl (C=O) groups excluding carboxylic acids is 2. The monoisotopic (exact) mass is 474 g/mol. The molecule has 2 aromatic carbocycles. The van der Waals surface area contributed by atoms with E-state index in [4.69, 9.17) is 16.0 Å². The van der Waals surface area contributed by atoms with Crippen LogP contribution in [-0.2, 0) is 11.0 Å². The number of carbonyl (C=O) groups is 2. The van der Waals surface area contributed by atoms with Crippen LogP contribution < -0.4 is 10.6 Å². The molecule has 1 aromatic heterocycles. The van der Waals surface area contributed by atoms with Crippen LogP contribution in [0.1, 0.15) is 21.7 Å². The first-order valence-electron chi connectivity index (χ1n) is 9.62. The summed E-state index contributed by atoms with van der Waals surface area (Å²) in [4.78, 5) is 25.1. The van der Waals surface area contributed by atoms with Gasteiger partial charge in [-0.25, -0.2) is 0 Å². The molecule has 0 saturated carbocycles. The number of hydrogen-bond acceptors (Lipinski definition) is 3. The number of alkyl halides is 3. The molecule has 5 nitrogen and oxygen atoms in total. The fraction of sp³-hybridized carbons (Fsp3) is 0.0833. The van der Waals surface area contributed by atoms with E-state index in [0.717, 1.165) is 12.1 Å². The average molecular weight is 475 g/mol. The summed E-state index contributed by atoms with van der Waals surface area (Å²) in [6.45, 7) is 3.67. The summed E-state index contributed by atoms with van der Waals surface area (Å²) in [5, 5.41) is 5.51. The smallest absolute Gasteiger partial charge is 0.416 e. The van der Waals surface area contributed by atoms with Crippen molar-refractivity contribution in [2.24, 2.45) is 0 Å². The molecule has 3 aromatic rings. The average Bonchev–Trinajstić information content (AvgIpc) is 3.25. The first kappa shape index (κ1) is 23.9. The van der Waals surface area contributed by atoms with Gasteiger partial charge in [-0.15, -0.1) is 6.58 Å². The van der Waals surface area contributed by atoms with Crippen molar-refractivity contribution in [3.8, 4) is 11.3 Å². The van der Waals surface area contributed by atoms with E-state index in [-0.39, 0.29) is 34.9 Å². The SMILES string of the molecule is C=CCNC(=O)/C(=C/c1ccc(-c2cccc(C(F)(F)F)c2)o1)NC(=O)c1ccc(Cl)cc1. The number of hydrogen-bond donors (Lipinski definition) is 2. The van der Waals surface area contributed by atoms with Crippen LogP contribution in [0.4, 0.5) is 13.2 Å². The van der Waals surface area contributed by atoms with E-state index in [0.29, 0.717) is 5.02 Å². The highest BCUT2D eigenvalue weighted by Gasteiger charge is 2.30. The molecule has 0 fully saturated rings. The molecule has 1 heterocycles. The van der Waals surface area contributed by atoms with E-state index in [2.05, 4.69) is 17.2 Å². The lowest BCUT2D eigenvalue weighted by Gasteiger charge is -2.10. The summed E-state index contributed by atoms with van der Waals surface area (Å²) in [6, 6.07) is 13.7. The van der Waals surface area contributed by atoms with Crippen molar-refractivity contribution in [3.05, 3.63) is 101 Å². The molecule has 2 amide bonds. The van der Waals surface area contributed by atoms with Crippen LogP contribution in [0.25, 0.3) is 17.4 Å². The molecule has 3 rings (SSSR count). The Hall–Kier alpha value is -3.78. The Kier molecular flexibility index (Phi) is 7.40. The summed E-state index contributed by atoms with van der Waals surface area (Å²) < 4.78 is 44.6. The predicted octanol–water partition coefficient (Wildman–Crippen LogP) is 5.69. The van der Waals surface area contributed by atoms with E-state index in [1.807, 2.05) is 0 Å². The van der Waals surface area contributed by atoms with Crippen molar-refractivity contribution in [2.45, 2.75) is 6.18 Å². The molecule has 0 unspecified atom stereocenters. The van der Waals surface area contributed by atoms with Gasteiger partial charge in [0.2, 0.25) is 0 Å². The zero-order valence-electron chi connectivity index (χ0n) is 17.1. The Balaban J connectivity index is 1.89. The Morgan fingerprint density at radius 2 is 1.79 bits per heavy atom. The highest BCUT2D eigenvalue weighted by molar-refractivity contribution is 6.30. The number of benzene rings is 2. The maximum atomic E-state index is 13.0. The van der Waals surface area contributed by atoms with Crippen molar-refractivity contribution >= 4 is 29.5 Å². The topological polar surface area (TPSA) is 71.3 Å². The summed E-state index contributed by atoms with van der Waals surface area (Å²) >= 11 is 5.83. The van der Waals surface area contributed by atoms with E-state index in [9.17, 15) is 22.8 Å². The van der Waals surface area contributed by atoms with Gasteiger partial charge in [0.15, 0.2) is 0 Å². The van der Waals surface area contributed by atoms with Crippen molar-refractivity contribution in [1.82, 2.24) is 10.6 Å². The Morgan fingerprint density at radius 1 is 1.06 bits per heavy atom. The molecule has 0 aliphatic heterocycles. The predicted molar refractivity (Wildman–Crippen MR) is 119 cm³/mol. The second-order valence-electron chi connectivity index (χ2n) is 6.80. The van der Waals surface area contributed by atoms with Gasteiger partial charge in [-0.2, -0.15) is 13.2 Å². The Morgan fingerprint density at radius 3 is 2.45 bits per heavy atom. The Labute approximate surface area is 192 Å². The molecule has 0 radical (unpaired) electrons. The lowest BCUT2D eigenvalue weighted by Crippen LogP contribution is -2.34. The molecular weight excluding hydrogens is 457 g/mol. The van der Waals surface area contributed by atoms with Gasteiger partial charge in [0.1, 0.15) is 17.2 Å². The van der Waals surface area contributed by atoms with Crippen molar-refractivity contribution in [2.75, 3.05) is 6.54 Å². The highest BCUT2D eigenvalue weighted by Crippen LogP contribution is 2.32. The first-order chi connectivity index (χ1) is 15.7. The van der Waals surface area contributed by atoms with Gasteiger partial charge >= 0.3 is 6.18 Å². The molecular formula is C24H18ClF3N2O3. The van der Waals surface area contributed by atoms with Crippen LogP contribution in [0.3, 0.4) is 0 Å². The maximum Gasteiger partial charge on any atom is 0.416 e. The number of halogens is 4. The van der Waals surface area contributed by atoms with Gasteiger partial charge in [-0.1, -0.05) is 29.8 Å². The molecule has 2 N–H and O–H groups in total. The van der Waals surface area contributed by atoms with E-state index in [1.165, 1.54) is 60.7 Å². The number of amides is 2. The Bertz CT molecular complexity index is 1200. The van der Waals surface area contributed by atoms with Crippen LogP contribution >= 0.6 is 11.6 Å². The van der Waals surface area contributed by atoms with Gasteiger partial charge in [0.25, 0.3) is 11.8 Å². The fourth-order valence-electron chi connectivity index (χ4n) is 2.79. The normalized spacial score (nSPS) is 11.7. The van der Waals surface area contributed by atoms with E-state index < -0.39 is 23.6 Å². The molecule has 33 heavy (non-hydrogen) atoms. The third-order valence-electron chi connectivity index (χ3n) is 4.39. The molecule has 0 spiro atoms. The molecule has 170 valence electrons. The van der Waals surface area contributed by atoms with Crippen LogP contribution in [0.2, 0.25) is 5.02 Å². The number of nitrogens with one attached hydrogen (secondary N) is 2. The van der Waals surface area contributed by atoms with Crippen LogP contribution in [0.5, 0.6) is 0 Å². The minimum absolute atomic E-state index is 0.123. The summed E-state index contributed by atoms with van der Waals surface area (Å²) in [5.41, 5.74) is -0.451. The van der Waals surface area contributed by atoms with Crippen LogP contribution in [0, 0.1) is 0 Å². The standard InChI is InChI=1S/C24H18ClF3N2O3/c1-2-12-29-23(32)20(30-22(31)15-6-8-18(25)9-7-15)14-19-10-11-21(33-19)16-4-3-5-17(13-16)24(26,27)28/h2-11,13-14H,1,12H2,(H,29,32)(H,30,31)/b20-14-. The largest absolute Gasteiger partial charge is 0.457 e. The lowest BCUT2D eigenvalue weighted by atomic mass is 10.1. The van der Waals surface area contributed by atoms with Crippen molar-refractivity contribution < 1.29 is 27.2 Å². The van der Waals surface area contributed by atoms with Gasteiger partial charge in [-0.3, -0.25) is 9.59 Å². The highest BCUT2D eigenvalue weighted by atomic mass is 35.5. The van der Waals surface area contributed by atoms with Gasteiger partial charge in [0, 0.05) is 28.8 Å². The van der Waals surface area contributed by atoms with Gasteiger partial charge in [0.05, 0.1) is 5.56 Å². The van der Waals surface area contributed by atoms with Crippen molar-refractivity contribution in [1.29, 1.82) is 0 Å². The number of furan rings is 1. The zero-order valence-corrected chi connectivity index (χ0v) is 17.8. The maximum absolute atomic E-state index is 13.0. The second-order valence-corrected chi connectivity index (χ2v) is 7.23. The van der Waals surface area contributed by atoms with Gasteiger partial charge < -0.3 is 15.1 Å². The summed E-state index contributed by atoms with van der Waals surface area (Å²) in [7, 11) is 0. The summed E-state index contributed by atoms with van der Waals surface area (Å²) in [6.07, 6.45) is -1.74. The zero-order chi connectivity index (χ0) is 24.0. The van der Waals surface area contributed by atoms with E-state index in [1.54, 1.807) is 0 Å².